The third kappa shape index (κ3) is 2.63. The van der Waals surface area contributed by atoms with Gasteiger partial charge in [-0.1, -0.05) is 0 Å². The summed E-state index contributed by atoms with van der Waals surface area (Å²) in [4.78, 5) is 4.67. The maximum atomic E-state index is 13.8. The molecule has 1 N–H and O–H groups in total. The van der Waals surface area contributed by atoms with Crippen molar-refractivity contribution in [1.82, 2.24) is 5.48 Å². The van der Waals surface area contributed by atoms with E-state index in [0.29, 0.717) is 17.1 Å². The van der Waals surface area contributed by atoms with Gasteiger partial charge in [0.15, 0.2) is 11.5 Å². The number of methoxy groups -OCH3 is 2. The Morgan fingerprint density at radius 2 is 2.00 bits per heavy atom. The summed E-state index contributed by atoms with van der Waals surface area (Å²) in [6.45, 7) is 0.237. The van der Waals surface area contributed by atoms with Crippen LogP contribution in [-0.4, -0.2) is 21.3 Å². The van der Waals surface area contributed by atoms with Gasteiger partial charge in [0, 0.05) is 12.1 Å². The number of rotatable bonds is 5. The largest absolute Gasteiger partial charge is 0.493 e. The predicted molar refractivity (Wildman–Crippen MR) is 61.1 cm³/mol. The van der Waals surface area contributed by atoms with Crippen LogP contribution in [0.4, 0.5) is 4.39 Å². The van der Waals surface area contributed by atoms with Gasteiger partial charge in [-0.2, -0.15) is 5.48 Å². The third-order valence-electron chi connectivity index (χ3n) is 2.03. The van der Waals surface area contributed by atoms with Crippen LogP contribution < -0.4 is 15.0 Å². The van der Waals surface area contributed by atoms with Crippen LogP contribution in [0.5, 0.6) is 11.5 Å². The summed E-state index contributed by atoms with van der Waals surface area (Å²) >= 11 is 3.13. The Bertz CT molecular complexity index is 374. The summed E-state index contributed by atoms with van der Waals surface area (Å²) in [6, 6.07) is 1.56. The molecule has 6 heteroatoms. The molecule has 16 heavy (non-hydrogen) atoms. The molecule has 4 nitrogen and oxygen atoms in total. The zero-order chi connectivity index (χ0) is 12.1. The van der Waals surface area contributed by atoms with Crippen LogP contribution in [0, 0.1) is 5.82 Å². The number of ether oxygens (including phenoxy) is 2. The number of hydrogen-bond acceptors (Lipinski definition) is 4. The van der Waals surface area contributed by atoms with Crippen LogP contribution in [0.2, 0.25) is 0 Å². The zero-order valence-electron chi connectivity index (χ0n) is 9.27. The van der Waals surface area contributed by atoms with Crippen molar-refractivity contribution in [3.8, 4) is 11.5 Å². The number of benzene rings is 1. The van der Waals surface area contributed by atoms with E-state index in [9.17, 15) is 4.39 Å². The van der Waals surface area contributed by atoms with E-state index in [1.54, 1.807) is 6.07 Å². The second kappa shape index (κ2) is 6.03. The van der Waals surface area contributed by atoms with Crippen molar-refractivity contribution in [2.24, 2.45) is 0 Å². The van der Waals surface area contributed by atoms with E-state index >= 15 is 0 Å². The molecule has 0 unspecified atom stereocenters. The minimum atomic E-state index is -0.401. The summed E-state index contributed by atoms with van der Waals surface area (Å²) in [5, 5.41) is 0. The highest BCUT2D eigenvalue weighted by molar-refractivity contribution is 9.10. The predicted octanol–water partition coefficient (Wildman–Crippen LogP) is 2.26. The monoisotopic (exact) mass is 293 g/mol. The highest BCUT2D eigenvalue weighted by atomic mass is 79.9. The minimum Gasteiger partial charge on any atom is -0.493 e. The molecule has 1 aromatic rings. The molecule has 0 aliphatic rings. The lowest BCUT2D eigenvalue weighted by atomic mass is 10.2. The summed E-state index contributed by atoms with van der Waals surface area (Å²) in [5.41, 5.74) is 2.99. The molecule has 0 saturated heterocycles. The highest BCUT2D eigenvalue weighted by Crippen LogP contribution is 2.38. The van der Waals surface area contributed by atoms with Crippen molar-refractivity contribution in [2.45, 2.75) is 6.54 Å². The van der Waals surface area contributed by atoms with Gasteiger partial charge in [0.1, 0.15) is 5.82 Å². The van der Waals surface area contributed by atoms with Crippen LogP contribution in [0.1, 0.15) is 5.56 Å². The van der Waals surface area contributed by atoms with E-state index in [-0.39, 0.29) is 11.0 Å². The van der Waals surface area contributed by atoms with Gasteiger partial charge in [0.2, 0.25) is 0 Å². The molecule has 1 aromatic carbocycles. The molecular weight excluding hydrogens is 281 g/mol. The van der Waals surface area contributed by atoms with Crippen molar-refractivity contribution in [3.63, 3.8) is 0 Å². The standard InChI is InChI=1S/C10H13BrFNO3/c1-14-7-4-6(5-13-16-3)9(12)8(11)10(7)15-2/h4,13H,5H2,1-3H3. The van der Waals surface area contributed by atoms with Crippen LogP contribution in [0.25, 0.3) is 0 Å². The van der Waals surface area contributed by atoms with Gasteiger partial charge in [-0.3, -0.25) is 0 Å². The molecule has 0 aliphatic heterocycles. The Morgan fingerprint density at radius 1 is 1.31 bits per heavy atom. The molecule has 0 aromatic heterocycles. The first-order chi connectivity index (χ1) is 7.65. The van der Waals surface area contributed by atoms with Crippen LogP contribution in [-0.2, 0) is 11.4 Å². The molecule has 0 spiro atoms. The number of nitrogens with one attached hydrogen (secondary N) is 1. The summed E-state index contributed by atoms with van der Waals surface area (Å²) in [5.74, 6) is 0.395. The van der Waals surface area contributed by atoms with Crippen molar-refractivity contribution >= 4 is 15.9 Å². The SMILES string of the molecule is CONCc1cc(OC)c(OC)c(Br)c1F. The topological polar surface area (TPSA) is 39.7 Å². The first-order valence-corrected chi connectivity index (χ1v) is 5.29. The average Bonchev–Trinajstić information content (AvgIpc) is 2.30. The van der Waals surface area contributed by atoms with Gasteiger partial charge >= 0.3 is 0 Å². The molecule has 1 rings (SSSR count). The smallest absolute Gasteiger partial charge is 0.177 e. The third-order valence-corrected chi connectivity index (χ3v) is 2.74. The van der Waals surface area contributed by atoms with Crippen LogP contribution in [0.3, 0.4) is 0 Å². The van der Waals surface area contributed by atoms with Gasteiger partial charge in [0.05, 0.1) is 25.8 Å². The number of hydrogen-bond donors (Lipinski definition) is 1. The molecule has 0 aliphatic carbocycles. The van der Waals surface area contributed by atoms with E-state index < -0.39 is 5.82 Å². The minimum absolute atomic E-state index is 0.237. The first-order valence-electron chi connectivity index (χ1n) is 4.50. The van der Waals surface area contributed by atoms with E-state index in [2.05, 4.69) is 26.2 Å². The fraction of sp³-hybridized carbons (Fsp3) is 0.400. The summed E-state index contributed by atoms with van der Waals surface area (Å²) in [6.07, 6.45) is 0. The summed E-state index contributed by atoms with van der Waals surface area (Å²) < 4.78 is 24.2. The van der Waals surface area contributed by atoms with Gasteiger partial charge in [-0.25, -0.2) is 4.39 Å². The fourth-order valence-electron chi connectivity index (χ4n) is 1.26. The van der Waals surface area contributed by atoms with Gasteiger partial charge in [0.25, 0.3) is 0 Å². The van der Waals surface area contributed by atoms with E-state index in [1.165, 1.54) is 21.3 Å². The lowest BCUT2D eigenvalue weighted by Gasteiger charge is -2.13. The molecule has 90 valence electrons. The number of halogens is 2. The van der Waals surface area contributed by atoms with Crippen molar-refractivity contribution in [3.05, 3.63) is 21.9 Å². The van der Waals surface area contributed by atoms with E-state index in [4.69, 9.17) is 9.47 Å². The molecule has 0 radical (unpaired) electrons. The highest BCUT2D eigenvalue weighted by Gasteiger charge is 2.17. The maximum absolute atomic E-state index is 13.8. The quantitative estimate of drug-likeness (QED) is 0.846. The Morgan fingerprint density at radius 3 is 2.50 bits per heavy atom. The van der Waals surface area contributed by atoms with E-state index in [1.807, 2.05) is 0 Å². The lowest BCUT2D eigenvalue weighted by Crippen LogP contribution is -2.12. The van der Waals surface area contributed by atoms with Crippen LogP contribution in [0.15, 0.2) is 10.5 Å². The van der Waals surface area contributed by atoms with E-state index in [0.717, 1.165) is 0 Å². The van der Waals surface area contributed by atoms with Gasteiger partial charge in [-0.05, 0) is 22.0 Å². The van der Waals surface area contributed by atoms with Crippen LogP contribution >= 0.6 is 15.9 Å². The second-order valence-corrected chi connectivity index (χ2v) is 3.72. The normalized spacial score (nSPS) is 10.3. The fourth-order valence-corrected chi connectivity index (χ4v) is 1.87. The molecule has 0 fully saturated rings. The van der Waals surface area contributed by atoms with Crippen molar-refractivity contribution in [2.75, 3.05) is 21.3 Å². The Balaban J connectivity index is 3.16. The zero-order valence-corrected chi connectivity index (χ0v) is 10.9. The maximum Gasteiger partial charge on any atom is 0.177 e. The molecule has 0 heterocycles. The molecule has 0 saturated carbocycles. The Labute approximate surface area is 102 Å². The molecule has 0 amide bonds. The Hall–Kier alpha value is -0.850. The average molecular weight is 294 g/mol. The molecule has 0 atom stereocenters. The van der Waals surface area contributed by atoms with Gasteiger partial charge < -0.3 is 14.3 Å². The van der Waals surface area contributed by atoms with Crippen molar-refractivity contribution in [1.29, 1.82) is 0 Å². The first kappa shape index (κ1) is 13.2. The van der Waals surface area contributed by atoms with Crippen molar-refractivity contribution < 1.29 is 18.7 Å². The molecule has 0 bridgehead atoms. The second-order valence-electron chi connectivity index (χ2n) is 2.92. The Kier molecular flexibility index (Phi) is 4.98. The van der Waals surface area contributed by atoms with Gasteiger partial charge in [-0.15, -0.1) is 0 Å². The number of hydroxylamine groups is 1. The summed E-state index contributed by atoms with van der Waals surface area (Å²) in [7, 11) is 4.42. The lowest BCUT2D eigenvalue weighted by molar-refractivity contribution is 0.0858. The molecular formula is C10H13BrFNO3.